The van der Waals surface area contributed by atoms with E-state index in [2.05, 4.69) is 0 Å². The van der Waals surface area contributed by atoms with Crippen molar-refractivity contribution >= 4 is 17.7 Å². The van der Waals surface area contributed by atoms with Crippen LogP contribution in [-0.2, 0) is 20.9 Å². The van der Waals surface area contributed by atoms with Gasteiger partial charge in [0.1, 0.15) is 6.04 Å². The molecular weight excluding hydrogens is 456 g/mol. The van der Waals surface area contributed by atoms with Crippen LogP contribution in [0, 0.1) is 11.8 Å². The summed E-state index contributed by atoms with van der Waals surface area (Å²) in [5.74, 6) is -0.283. The smallest absolute Gasteiger partial charge is 0.268 e. The minimum absolute atomic E-state index is 0.162. The van der Waals surface area contributed by atoms with Crippen molar-refractivity contribution in [1.29, 1.82) is 0 Å². The molecule has 0 spiro atoms. The van der Waals surface area contributed by atoms with Crippen LogP contribution in [0.2, 0.25) is 0 Å². The third-order valence-electron chi connectivity index (χ3n) is 7.03. The highest BCUT2D eigenvalue weighted by Crippen LogP contribution is 2.29. The van der Waals surface area contributed by atoms with Gasteiger partial charge in [-0.1, -0.05) is 89.1 Å². The van der Waals surface area contributed by atoms with E-state index in [4.69, 9.17) is 5.73 Å². The largest absolute Gasteiger partial charge is 0.330 e. The number of hydrogen-bond acceptors (Lipinski definition) is 5. The third-order valence-corrected chi connectivity index (χ3v) is 7.03. The molecular formula is C28H46N4O4. The minimum atomic E-state index is -0.969. The van der Waals surface area contributed by atoms with Crippen LogP contribution in [0.4, 0.5) is 0 Å². The molecule has 8 heteroatoms. The van der Waals surface area contributed by atoms with Crippen molar-refractivity contribution in [2.24, 2.45) is 17.6 Å². The van der Waals surface area contributed by atoms with Crippen molar-refractivity contribution < 1.29 is 19.6 Å². The van der Waals surface area contributed by atoms with Gasteiger partial charge >= 0.3 is 0 Å². The van der Waals surface area contributed by atoms with Gasteiger partial charge in [-0.25, -0.2) is 15.5 Å². The Kier molecular flexibility index (Phi) is 13.5. The van der Waals surface area contributed by atoms with Crippen LogP contribution in [0.15, 0.2) is 30.3 Å². The highest BCUT2D eigenvalue weighted by atomic mass is 16.5. The summed E-state index contributed by atoms with van der Waals surface area (Å²) in [6.07, 6.45) is 9.77. The number of hydrogen-bond donors (Lipinski definition) is 3. The van der Waals surface area contributed by atoms with Crippen molar-refractivity contribution in [3.8, 4) is 0 Å². The van der Waals surface area contributed by atoms with Gasteiger partial charge in [-0.2, -0.15) is 0 Å². The quantitative estimate of drug-likeness (QED) is 0.255. The molecule has 0 radical (unpaired) electrons. The zero-order valence-corrected chi connectivity index (χ0v) is 22.2. The second kappa shape index (κ2) is 16.3. The fraction of sp³-hybridized carbons (Fsp3) is 0.679. The van der Waals surface area contributed by atoms with E-state index in [-0.39, 0.29) is 31.2 Å². The molecule has 3 amide bonds. The molecule has 0 aliphatic heterocycles. The molecule has 0 heterocycles. The van der Waals surface area contributed by atoms with Gasteiger partial charge in [-0.15, -0.1) is 0 Å². The Hall–Kier alpha value is -2.45. The molecule has 0 saturated heterocycles. The first-order valence-corrected chi connectivity index (χ1v) is 13.7. The lowest BCUT2D eigenvalue weighted by molar-refractivity contribution is -0.176. The van der Waals surface area contributed by atoms with E-state index in [0.29, 0.717) is 37.6 Å². The van der Waals surface area contributed by atoms with E-state index >= 15 is 0 Å². The second-order valence-electron chi connectivity index (χ2n) is 10.4. The SMILES string of the molecule is CC(C)CCC(=O)N([C@@H](CCCC1CCCCC1)C(=O)NO)N(Cc1ccccc1)C(=O)CCCN. The summed E-state index contributed by atoms with van der Waals surface area (Å²) < 4.78 is 0. The molecule has 1 aromatic carbocycles. The van der Waals surface area contributed by atoms with Gasteiger partial charge in [0.15, 0.2) is 0 Å². The van der Waals surface area contributed by atoms with E-state index in [1.165, 1.54) is 42.1 Å². The molecule has 1 aliphatic carbocycles. The van der Waals surface area contributed by atoms with Crippen LogP contribution in [-0.4, -0.2) is 45.5 Å². The maximum atomic E-state index is 13.6. The van der Waals surface area contributed by atoms with E-state index in [1.54, 1.807) is 5.48 Å². The summed E-state index contributed by atoms with van der Waals surface area (Å²) in [5, 5.41) is 12.3. The Bertz CT molecular complexity index is 796. The van der Waals surface area contributed by atoms with Crippen LogP contribution in [0.5, 0.6) is 0 Å². The summed E-state index contributed by atoms with van der Waals surface area (Å²) in [5.41, 5.74) is 8.28. The Labute approximate surface area is 216 Å². The number of benzene rings is 1. The van der Waals surface area contributed by atoms with Gasteiger partial charge in [0.2, 0.25) is 11.8 Å². The Balaban J connectivity index is 2.35. The van der Waals surface area contributed by atoms with Gasteiger partial charge in [-0.05, 0) is 43.2 Å². The molecule has 1 aliphatic rings. The maximum absolute atomic E-state index is 13.6. The van der Waals surface area contributed by atoms with Gasteiger partial charge in [0, 0.05) is 12.8 Å². The first-order chi connectivity index (χ1) is 17.4. The van der Waals surface area contributed by atoms with Crippen LogP contribution < -0.4 is 11.2 Å². The number of nitrogens with two attached hydrogens (primary N) is 1. The highest BCUT2D eigenvalue weighted by molar-refractivity contribution is 5.89. The second-order valence-corrected chi connectivity index (χ2v) is 10.4. The normalized spacial score (nSPS) is 14.9. The molecule has 2 rings (SSSR count). The van der Waals surface area contributed by atoms with Crippen molar-refractivity contribution in [1.82, 2.24) is 15.5 Å². The Morgan fingerprint density at radius 3 is 2.31 bits per heavy atom. The monoisotopic (exact) mass is 502 g/mol. The Morgan fingerprint density at radius 2 is 1.69 bits per heavy atom. The minimum Gasteiger partial charge on any atom is -0.330 e. The van der Waals surface area contributed by atoms with Crippen LogP contribution in [0.3, 0.4) is 0 Å². The van der Waals surface area contributed by atoms with Gasteiger partial charge in [0.05, 0.1) is 6.54 Å². The summed E-state index contributed by atoms with van der Waals surface area (Å²) in [7, 11) is 0. The van der Waals surface area contributed by atoms with Gasteiger partial charge in [-0.3, -0.25) is 19.6 Å². The summed E-state index contributed by atoms with van der Waals surface area (Å²) in [4.78, 5) is 40.0. The lowest BCUT2D eigenvalue weighted by atomic mass is 9.85. The fourth-order valence-electron chi connectivity index (χ4n) is 4.94. The van der Waals surface area contributed by atoms with Gasteiger partial charge in [0.25, 0.3) is 5.91 Å². The number of hydroxylamine groups is 1. The first kappa shape index (κ1) is 29.8. The topological polar surface area (TPSA) is 116 Å². The average Bonchev–Trinajstić information content (AvgIpc) is 2.89. The average molecular weight is 503 g/mol. The first-order valence-electron chi connectivity index (χ1n) is 13.7. The van der Waals surface area contributed by atoms with Crippen LogP contribution in [0.25, 0.3) is 0 Å². The van der Waals surface area contributed by atoms with E-state index in [1.807, 2.05) is 44.2 Å². The van der Waals surface area contributed by atoms with Crippen LogP contribution in [0.1, 0.15) is 96.5 Å². The van der Waals surface area contributed by atoms with Gasteiger partial charge < -0.3 is 5.73 Å². The lowest BCUT2D eigenvalue weighted by Gasteiger charge is -2.40. The molecule has 1 aromatic rings. The summed E-state index contributed by atoms with van der Waals surface area (Å²) in [6, 6.07) is 8.47. The number of amides is 3. The summed E-state index contributed by atoms with van der Waals surface area (Å²) >= 11 is 0. The number of hydrazine groups is 1. The van der Waals surface area contributed by atoms with Crippen molar-refractivity contribution in [3.05, 3.63) is 35.9 Å². The van der Waals surface area contributed by atoms with E-state index in [9.17, 15) is 19.6 Å². The molecule has 0 unspecified atom stereocenters. The number of nitrogens with zero attached hydrogens (tertiary/aromatic N) is 2. The zero-order chi connectivity index (χ0) is 26.3. The number of nitrogens with one attached hydrogen (secondary N) is 1. The number of rotatable bonds is 14. The molecule has 1 atom stereocenters. The molecule has 4 N–H and O–H groups in total. The molecule has 36 heavy (non-hydrogen) atoms. The molecule has 202 valence electrons. The van der Waals surface area contributed by atoms with Crippen molar-refractivity contribution in [2.75, 3.05) is 6.54 Å². The highest BCUT2D eigenvalue weighted by Gasteiger charge is 2.36. The standard InChI is InChI=1S/C28H46N4O4/c1-22(2)18-19-27(34)32(25(28(35)30-36)16-9-15-23-11-5-3-6-12-23)31(26(33)17-10-20-29)21-24-13-7-4-8-14-24/h4,7-8,13-14,22-23,25,36H,3,5-6,9-12,15-21,29H2,1-2H3,(H,30,35)/t25-/m0/s1. The molecule has 1 fully saturated rings. The predicted molar refractivity (Wildman–Crippen MR) is 140 cm³/mol. The number of carbonyl (C=O) groups excluding carboxylic acids is 3. The Morgan fingerprint density at radius 1 is 1.00 bits per heavy atom. The van der Waals surface area contributed by atoms with Crippen molar-refractivity contribution in [2.45, 2.75) is 103 Å². The van der Waals surface area contributed by atoms with Crippen molar-refractivity contribution in [3.63, 3.8) is 0 Å². The molecule has 0 bridgehead atoms. The number of carbonyl (C=O) groups is 3. The predicted octanol–water partition coefficient (Wildman–Crippen LogP) is 4.56. The lowest BCUT2D eigenvalue weighted by Crippen LogP contribution is -2.58. The molecule has 0 aromatic heterocycles. The zero-order valence-electron chi connectivity index (χ0n) is 22.2. The third kappa shape index (κ3) is 9.90. The maximum Gasteiger partial charge on any atom is 0.268 e. The van der Waals surface area contributed by atoms with Crippen LogP contribution >= 0.6 is 0 Å². The molecule has 1 saturated carbocycles. The molecule has 8 nitrogen and oxygen atoms in total. The fourth-order valence-corrected chi connectivity index (χ4v) is 4.94. The van der Waals surface area contributed by atoms with E-state index in [0.717, 1.165) is 18.4 Å². The summed E-state index contributed by atoms with van der Waals surface area (Å²) in [6.45, 7) is 4.59. The van der Waals surface area contributed by atoms with E-state index < -0.39 is 11.9 Å².